The number of aryl methyl sites for hydroxylation is 3. The molecule has 3 heterocycles. The quantitative estimate of drug-likeness (QED) is 0.828. The summed E-state index contributed by atoms with van der Waals surface area (Å²) in [5.74, 6) is 0.113. The fraction of sp³-hybridized carbons (Fsp3) is 0.500. The first kappa shape index (κ1) is 16.9. The Hall–Kier alpha value is -2.51. The first-order valence-corrected chi connectivity index (χ1v) is 8.88. The van der Waals surface area contributed by atoms with Gasteiger partial charge in [-0.2, -0.15) is 5.10 Å². The Kier molecular flexibility index (Phi) is 4.34. The number of halogens is 2. The second-order valence-corrected chi connectivity index (χ2v) is 6.92. The molecule has 1 fully saturated rings. The Morgan fingerprint density at radius 1 is 1.23 bits per heavy atom. The summed E-state index contributed by atoms with van der Waals surface area (Å²) >= 11 is 0. The minimum Gasteiger partial charge on any atom is -0.335 e. The summed E-state index contributed by atoms with van der Waals surface area (Å²) < 4.78 is 28.9. The summed E-state index contributed by atoms with van der Waals surface area (Å²) in [5.41, 5.74) is 0.601. The van der Waals surface area contributed by atoms with Gasteiger partial charge in [0.15, 0.2) is 0 Å². The standard InChI is InChI=1S/C18H20F2N4O2/c19-13-6-4-12(5-7-13)8-9-23-18(26)24-15(2-1-3-16(24)21-23)17(25)22-10-14(20)11-22/h4-7,14-15H,1-3,8-11H2. The average Bonchev–Trinajstić information content (AvgIpc) is 2.94. The molecule has 1 atom stereocenters. The highest BCUT2D eigenvalue weighted by atomic mass is 19.1. The molecular formula is C18H20F2N4O2. The molecule has 1 aromatic carbocycles. The third-order valence-electron chi connectivity index (χ3n) is 5.09. The number of carbonyl (C=O) groups excluding carboxylic acids is 1. The fourth-order valence-corrected chi connectivity index (χ4v) is 3.61. The van der Waals surface area contributed by atoms with Crippen LogP contribution in [0.4, 0.5) is 8.78 Å². The van der Waals surface area contributed by atoms with E-state index in [1.807, 2.05) is 0 Å². The van der Waals surface area contributed by atoms with Crippen LogP contribution in [0.3, 0.4) is 0 Å². The lowest BCUT2D eigenvalue weighted by Crippen LogP contribution is -2.54. The van der Waals surface area contributed by atoms with E-state index in [2.05, 4.69) is 5.10 Å². The lowest BCUT2D eigenvalue weighted by Gasteiger charge is -2.37. The van der Waals surface area contributed by atoms with Crippen LogP contribution in [0.5, 0.6) is 0 Å². The van der Waals surface area contributed by atoms with E-state index in [9.17, 15) is 18.4 Å². The summed E-state index contributed by atoms with van der Waals surface area (Å²) in [5, 5.41) is 4.38. The predicted molar refractivity (Wildman–Crippen MR) is 90.0 cm³/mol. The van der Waals surface area contributed by atoms with Crippen molar-refractivity contribution in [2.24, 2.45) is 0 Å². The van der Waals surface area contributed by atoms with E-state index in [4.69, 9.17) is 0 Å². The van der Waals surface area contributed by atoms with Crippen molar-refractivity contribution in [2.75, 3.05) is 13.1 Å². The molecule has 0 saturated carbocycles. The van der Waals surface area contributed by atoms with Crippen molar-refractivity contribution in [3.05, 3.63) is 52.0 Å². The molecule has 8 heteroatoms. The maximum Gasteiger partial charge on any atom is 0.346 e. The molecule has 4 rings (SSSR count). The van der Waals surface area contributed by atoms with Crippen LogP contribution in [0.15, 0.2) is 29.1 Å². The van der Waals surface area contributed by atoms with E-state index in [1.54, 1.807) is 12.1 Å². The van der Waals surface area contributed by atoms with Gasteiger partial charge < -0.3 is 4.90 Å². The molecule has 1 unspecified atom stereocenters. The molecule has 2 aromatic rings. The molecular weight excluding hydrogens is 342 g/mol. The van der Waals surface area contributed by atoms with E-state index >= 15 is 0 Å². The molecule has 26 heavy (non-hydrogen) atoms. The van der Waals surface area contributed by atoms with Gasteiger partial charge in [-0.25, -0.2) is 18.3 Å². The summed E-state index contributed by atoms with van der Waals surface area (Å²) in [6.45, 7) is 0.581. The van der Waals surface area contributed by atoms with Gasteiger partial charge in [0.2, 0.25) is 5.91 Å². The third-order valence-corrected chi connectivity index (χ3v) is 5.09. The smallest absolute Gasteiger partial charge is 0.335 e. The van der Waals surface area contributed by atoms with Crippen molar-refractivity contribution in [2.45, 2.75) is 44.4 Å². The summed E-state index contributed by atoms with van der Waals surface area (Å²) in [4.78, 5) is 26.8. The van der Waals surface area contributed by atoms with Gasteiger partial charge in [-0.1, -0.05) is 12.1 Å². The van der Waals surface area contributed by atoms with Crippen molar-refractivity contribution in [1.82, 2.24) is 19.2 Å². The largest absolute Gasteiger partial charge is 0.346 e. The van der Waals surface area contributed by atoms with Crippen LogP contribution in [0.1, 0.15) is 30.3 Å². The Morgan fingerprint density at radius 3 is 2.65 bits per heavy atom. The van der Waals surface area contributed by atoms with E-state index < -0.39 is 12.2 Å². The molecule has 138 valence electrons. The van der Waals surface area contributed by atoms with Gasteiger partial charge in [-0.3, -0.25) is 9.36 Å². The second-order valence-electron chi connectivity index (χ2n) is 6.92. The van der Waals surface area contributed by atoms with Crippen molar-refractivity contribution < 1.29 is 13.6 Å². The monoisotopic (exact) mass is 362 g/mol. The van der Waals surface area contributed by atoms with Crippen LogP contribution in [-0.2, 0) is 24.2 Å². The third kappa shape index (κ3) is 3.04. The van der Waals surface area contributed by atoms with Crippen LogP contribution in [0, 0.1) is 5.82 Å². The molecule has 1 amide bonds. The number of likely N-dealkylation sites (tertiary alicyclic amines) is 1. The fourth-order valence-electron chi connectivity index (χ4n) is 3.61. The van der Waals surface area contributed by atoms with Crippen molar-refractivity contribution in [3.8, 4) is 0 Å². The number of fused-ring (bicyclic) bond motifs is 1. The van der Waals surface area contributed by atoms with Gasteiger partial charge in [-0.05, 0) is 37.0 Å². The number of amides is 1. The van der Waals surface area contributed by atoms with Gasteiger partial charge in [0.25, 0.3) is 0 Å². The molecule has 0 aliphatic carbocycles. The minimum atomic E-state index is -0.961. The molecule has 1 saturated heterocycles. The summed E-state index contributed by atoms with van der Waals surface area (Å²) in [6.07, 6.45) is 1.58. The van der Waals surface area contributed by atoms with Crippen molar-refractivity contribution in [1.29, 1.82) is 0 Å². The average molecular weight is 362 g/mol. The number of alkyl halides is 1. The van der Waals surface area contributed by atoms with Gasteiger partial charge in [0, 0.05) is 6.42 Å². The van der Waals surface area contributed by atoms with Crippen molar-refractivity contribution in [3.63, 3.8) is 0 Å². The Bertz CT molecular complexity index is 868. The highest BCUT2D eigenvalue weighted by Gasteiger charge is 2.38. The number of nitrogens with zero attached hydrogens (tertiary/aromatic N) is 4. The highest BCUT2D eigenvalue weighted by molar-refractivity contribution is 5.81. The van der Waals surface area contributed by atoms with E-state index in [0.29, 0.717) is 31.6 Å². The molecule has 0 spiro atoms. The second kappa shape index (κ2) is 6.66. The topological polar surface area (TPSA) is 60.1 Å². The summed E-state index contributed by atoms with van der Waals surface area (Å²) in [7, 11) is 0. The van der Waals surface area contributed by atoms with Gasteiger partial charge in [0.1, 0.15) is 23.9 Å². The molecule has 0 bridgehead atoms. The summed E-state index contributed by atoms with van der Waals surface area (Å²) in [6, 6.07) is 5.55. The first-order chi connectivity index (χ1) is 12.5. The zero-order valence-corrected chi connectivity index (χ0v) is 14.3. The molecule has 6 nitrogen and oxygen atoms in total. The van der Waals surface area contributed by atoms with E-state index in [1.165, 1.54) is 26.3 Å². The zero-order valence-electron chi connectivity index (χ0n) is 14.3. The van der Waals surface area contributed by atoms with Crippen molar-refractivity contribution >= 4 is 5.91 Å². The maximum atomic E-state index is 13.1. The van der Waals surface area contributed by atoms with Crippen LogP contribution < -0.4 is 5.69 Å². The lowest BCUT2D eigenvalue weighted by molar-refractivity contribution is -0.142. The Labute approximate surface area is 149 Å². The number of hydrogen-bond acceptors (Lipinski definition) is 3. The first-order valence-electron chi connectivity index (χ1n) is 8.88. The van der Waals surface area contributed by atoms with Crippen LogP contribution in [0.2, 0.25) is 0 Å². The number of aromatic nitrogens is 3. The van der Waals surface area contributed by atoms with Gasteiger partial charge in [-0.15, -0.1) is 0 Å². The van der Waals surface area contributed by atoms with E-state index in [-0.39, 0.29) is 30.5 Å². The minimum absolute atomic E-state index is 0.109. The number of benzene rings is 1. The number of hydrogen-bond donors (Lipinski definition) is 0. The molecule has 2 aliphatic rings. The molecule has 0 N–H and O–H groups in total. The van der Waals surface area contributed by atoms with E-state index in [0.717, 1.165) is 12.0 Å². The van der Waals surface area contributed by atoms with Crippen LogP contribution in [-0.4, -0.2) is 44.4 Å². The number of rotatable bonds is 4. The molecule has 0 radical (unpaired) electrons. The predicted octanol–water partition coefficient (Wildman–Crippen LogP) is 1.48. The zero-order chi connectivity index (χ0) is 18.3. The van der Waals surface area contributed by atoms with Crippen LogP contribution in [0.25, 0.3) is 0 Å². The normalized spacial score (nSPS) is 19.9. The molecule has 2 aliphatic heterocycles. The number of carbonyl (C=O) groups is 1. The Balaban J connectivity index is 1.53. The SMILES string of the molecule is O=C(C1CCCc2nn(CCc3ccc(F)cc3)c(=O)n21)N1CC(F)C1. The Morgan fingerprint density at radius 2 is 1.96 bits per heavy atom. The molecule has 1 aromatic heterocycles. The lowest BCUT2D eigenvalue weighted by atomic mass is 10.0. The van der Waals surface area contributed by atoms with Gasteiger partial charge >= 0.3 is 5.69 Å². The van der Waals surface area contributed by atoms with Gasteiger partial charge in [0.05, 0.1) is 19.6 Å². The maximum absolute atomic E-state index is 13.1. The highest BCUT2D eigenvalue weighted by Crippen LogP contribution is 2.26. The van der Waals surface area contributed by atoms with Crippen LogP contribution >= 0.6 is 0 Å².